The number of ether oxygens (including phenoxy) is 1. The summed E-state index contributed by atoms with van der Waals surface area (Å²) in [5.41, 5.74) is 0.958. The zero-order valence-corrected chi connectivity index (χ0v) is 17.0. The zero-order chi connectivity index (χ0) is 20.1. The molecule has 0 aromatic heterocycles. The van der Waals surface area contributed by atoms with E-state index in [4.69, 9.17) is 4.74 Å². The predicted octanol–water partition coefficient (Wildman–Crippen LogP) is 3.76. The van der Waals surface area contributed by atoms with Crippen LogP contribution >= 0.6 is 0 Å². The summed E-state index contributed by atoms with van der Waals surface area (Å²) in [7, 11) is -3.73. The van der Waals surface area contributed by atoms with E-state index in [0.717, 1.165) is 25.9 Å². The fourth-order valence-electron chi connectivity index (χ4n) is 3.33. The SMILES string of the molecule is CCOc1ccc(NS(=O)(=O)c2ccc(C(=O)N3CCC[C@H](C)C3)cc2)cc1. The van der Waals surface area contributed by atoms with Crippen LogP contribution in [0.5, 0.6) is 5.75 Å². The van der Waals surface area contributed by atoms with E-state index in [0.29, 0.717) is 29.5 Å². The molecule has 0 spiro atoms. The van der Waals surface area contributed by atoms with Crippen LogP contribution in [0.3, 0.4) is 0 Å². The van der Waals surface area contributed by atoms with Crippen LogP contribution in [0.15, 0.2) is 53.4 Å². The molecule has 28 heavy (non-hydrogen) atoms. The van der Waals surface area contributed by atoms with Crippen molar-refractivity contribution in [3.8, 4) is 5.75 Å². The smallest absolute Gasteiger partial charge is 0.261 e. The number of carbonyl (C=O) groups excluding carboxylic acids is 1. The highest BCUT2D eigenvalue weighted by atomic mass is 32.2. The largest absolute Gasteiger partial charge is 0.494 e. The Bertz CT molecular complexity index is 908. The number of hydrogen-bond donors (Lipinski definition) is 1. The van der Waals surface area contributed by atoms with E-state index < -0.39 is 10.0 Å². The molecule has 150 valence electrons. The molecule has 7 heteroatoms. The summed E-state index contributed by atoms with van der Waals surface area (Å²) in [6, 6.07) is 12.8. The molecule has 1 atom stereocenters. The summed E-state index contributed by atoms with van der Waals surface area (Å²) in [4.78, 5) is 14.6. The Kier molecular flexibility index (Phi) is 6.24. The molecule has 1 aliphatic heterocycles. The van der Waals surface area contributed by atoms with Crippen LogP contribution in [-0.2, 0) is 10.0 Å². The number of benzene rings is 2. The molecule has 1 fully saturated rings. The van der Waals surface area contributed by atoms with E-state index in [2.05, 4.69) is 11.6 Å². The maximum Gasteiger partial charge on any atom is 0.261 e. The summed E-state index contributed by atoms with van der Waals surface area (Å²) in [6.45, 7) is 6.08. The minimum Gasteiger partial charge on any atom is -0.494 e. The lowest BCUT2D eigenvalue weighted by atomic mass is 9.99. The van der Waals surface area contributed by atoms with Crippen LogP contribution in [0.1, 0.15) is 37.0 Å². The van der Waals surface area contributed by atoms with Crippen molar-refractivity contribution >= 4 is 21.6 Å². The van der Waals surface area contributed by atoms with Crippen molar-refractivity contribution in [2.24, 2.45) is 5.92 Å². The third-order valence-electron chi connectivity index (χ3n) is 4.77. The van der Waals surface area contributed by atoms with Gasteiger partial charge in [-0.3, -0.25) is 9.52 Å². The van der Waals surface area contributed by atoms with Crippen molar-refractivity contribution in [1.29, 1.82) is 0 Å². The topological polar surface area (TPSA) is 75.7 Å². The number of carbonyl (C=O) groups is 1. The van der Waals surface area contributed by atoms with Gasteiger partial charge in [-0.1, -0.05) is 6.92 Å². The standard InChI is InChI=1S/C21H26N2O4S/c1-3-27-19-10-8-18(9-11-19)22-28(25,26)20-12-6-17(7-13-20)21(24)23-14-4-5-16(2)15-23/h6-13,16,22H,3-5,14-15H2,1-2H3/t16-/m0/s1. The molecule has 2 aromatic carbocycles. The maximum absolute atomic E-state index is 12.6. The first-order chi connectivity index (χ1) is 13.4. The second-order valence-electron chi connectivity index (χ2n) is 7.09. The minimum absolute atomic E-state index is 0.0463. The summed E-state index contributed by atoms with van der Waals surface area (Å²) in [6.07, 6.45) is 2.14. The number of nitrogens with zero attached hydrogens (tertiary/aromatic N) is 1. The van der Waals surface area contributed by atoms with Gasteiger partial charge < -0.3 is 9.64 Å². The van der Waals surface area contributed by atoms with Gasteiger partial charge in [0, 0.05) is 24.3 Å². The van der Waals surface area contributed by atoms with Gasteiger partial charge in [0.05, 0.1) is 11.5 Å². The highest BCUT2D eigenvalue weighted by Gasteiger charge is 2.22. The van der Waals surface area contributed by atoms with Crippen molar-refractivity contribution < 1.29 is 17.9 Å². The summed E-state index contributed by atoms with van der Waals surface area (Å²) in [5.74, 6) is 1.13. The van der Waals surface area contributed by atoms with E-state index in [1.165, 1.54) is 12.1 Å². The number of nitrogens with one attached hydrogen (secondary N) is 1. The van der Waals surface area contributed by atoms with Crippen molar-refractivity contribution in [2.45, 2.75) is 31.6 Å². The van der Waals surface area contributed by atoms with Gasteiger partial charge in [0.2, 0.25) is 0 Å². The quantitative estimate of drug-likeness (QED) is 0.798. The Hall–Kier alpha value is -2.54. The van der Waals surface area contributed by atoms with Crippen LogP contribution in [-0.4, -0.2) is 38.9 Å². The number of amides is 1. The van der Waals surface area contributed by atoms with Crippen LogP contribution in [0.25, 0.3) is 0 Å². The molecule has 1 amide bonds. The van der Waals surface area contributed by atoms with Gasteiger partial charge in [-0.05, 0) is 74.2 Å². The average Bonchev–Trinajstić information content (AvgIpc) is 2.69. The highest BCUT2D eigenvalue weighted by molar-refractivity contribution is 7.92. The van der Waals surface area contributed by atoms with Gasteiger partial charge in [0.1, 0.15) is 5.75 Å². The lowest BCUT2D eigenvalue weighted by Crippen LogP contribution is -2.39. The second kappa shape index (κ2) is 8.65. The minimum atomic E-state index is -3.73. The molecule has 0 saturated carbocycles. The third-order valence-corrected chi connectivity index (χ3v) is 6.17. The van der Waals surface area contributed by atoms with Gasteiger partial charge in [0.25, 0.3) is 15.9 Å². The summed E-state index contributed by atoms with van der Waals surface area (Å²) < 4.78 is 33.1. The molecule has 0 aliphatic carbocycles. The monoisotopic (exact) mass is 402 g/mol. The molecule has 1 heterocycles. The van der Waals surface area contributed by atoms with E-state index in [1.807, 2.05) is 11.8 Å². The maximum atomic E-state index is 12.6. The van der Waals surface area contributed by atoms with Gasteiger partial charge in [-0.15, -0.1) is 0 Å². The van der Waals surface area contributed by atoms with Crippen molar-refractivity contribution in [1.82, 2.24) is 4.90 Å². The van der Waals surface area contributed by atoms with Gasteiger partial charge in [-0.2, -0.15) is 0 Å². The summed E-state index contributed by atoms with van der Waals surface area (Å²) in [5, 5.41) is 0. The third kappa shape index (κ3) is 4.84. The number of sulfonamides is 1. The lowest BCUT2D eigenvalue weighted by molar-refractivity contribution is 0.0683. The predicted molar refractivity (Wildman–Crippen MR) is 109 cm³/mol. The molecule has 3 rings (SSSR count). The van der Waals surface area contributed by atoms with E-state index >= 15 is 0 Å². The van der Waals surface area contributed by atoms with Crippen LogP contribution < -0.4 is 9.46 Å². The van der Waals surface area contributed by atoms with Gasteiger partial charge in [0.15, 0.2) is 0 Å². The molecule has 0 radical (unpaired) electrons. The first kappa shape index (κ1) is 20.2. The fourth-order valence-corrected chi connectivity index (χ4v) is 4.39. The number of rotatable bonds is 6. The van der Waals surface area contributed by atoms with Crippen LogP contribution in [0, 0.1) is 5.92 Å². The van der Waals surface area contributed by atoms with Gasteiger partial charge in [-0.25, -0.2) is 8.42 Å². The zero-order valence-electron chi connectivity index (χ0n) is 16.2. The van der Waals surface area contributed by atoms with Crippen LogP contribution in [0.2, 0.25) is 0 Å². The van der Waals surface area contributed by atoms with Crippen LogP contribution in [0.4, 0.5) is 5.69 Å². The Morgan fingerprint density at radius 1 is 1.14 bits per heavy atom. The molecule has 0 unspecified atom stereocenters. The van der Waals surface area contributed by atoms with Crippen molar-refractivity contribution in [3.63, 3.8) is 0 Å². The molecule has 1 saturated heterocycles. The Labute approximate surface area is 166 Å². The number of likely N-dealkylation sites (tertiary alicyclic amines) is 1. The second-order valence-corrected chi connectivity index (χ2v) is 8.77. The lowest BCUT2D eigenvalue weighted by Gasteiger charge is -2.31. The van der Waals surface area contributed by atoms with Gasteiger partial charge >= 0.3 is 0 Å². The Morgan fingerprint density at radius 3 is 2.43 bits per heavy atom. The first-order valence-corrected chi connectivity index (χ1v) is 11.0. The normalized spacial score (nSPS) is 17.2. The molecular formula is C21H26N2O4S. The fraction of sp³-hybridized carbons (Fsp3) is 0.381. The molecule has 2 aromatic rings. The molecule has 0 bridgehead atoms. The van der Waals surface area contributed by atoms with Crippen molar-refractivity contribution in [2.75, 3.05) is 24.4 Å². The highest BCUT2D eigenvalue weighted by Crippen LogP contribution is 2.21. The number of hydrogen-bond acceptors (Lipinski definition) is 4. The van der Waals surface area contributed by atoms with E-state index in [1.54, 1.807) is 36.4 Å². The molecular weight excluding hydrogens is 376 g/mol. The first-order valence-electron chi connectivity index (χ1n) is 9.54. The molecule has 1 aliphatic rings. The molecule has 1 N–H and O–H groups in total. The number of piperidine rings is 1. The van der Waals surface area contributed by atoms with E-state index in [-0.39, 0.29) is 10.8 Å². The Balaban J connectivity index is 1.70. The Morgan fingerprint density at radius 2 is 1.82 bits per heavy atom. The number of anilines is 1. The van der Waals surface area contributed by atoms with Crippen molar-refractivity contribution in [3.05, 3.63) is 54.1 Å². The molecule has 6 nitrogen and oxygen atoms in total. The van der Waals surface area contributed by atoms with E-state index in [9.17, 15) is 13.2 Å². The average molecular weight is 403 g/mol. The summed E-state index contributed by atoms with van der Waals surface area (Å²) >= 11 is 0.